The van der Waals surface area contributed by atoms with Crippen molar-refractivity contribution in [2.75, 3.05) is 20.7 Å². The van der Waals surface area contributed by atoms with Crippen LogP contribution in [0.3, 0.4) is 0 Å². The van der Waals surface area contributed by atoms with Gasteiger partial charge in [0.1, 0.15) is 5.57 Å². The van der Waals surface area contributed by atoms with Gasteiger partial charge in [-0.2, -0.15) is 0 Å². The Kier molecular flexibility index (Phi) is 2.51. The SMILES string of the molecule is COC1C=CC([N+](=O)[O-])=C2C(=O)N(C)CC21. The van der Waals surface area contributed by atoms with Crippen LogP contribution in [-0.2, 0) is 9.53 Å². The van der Waals surface area contributed by atoms with E-state index in [4.69, 9.17) is 4.74 Å². The van der Waals surface area contributed by atoms with Gasteiger partial charge in [0.05, 0.1) is 11.0 Å². The van der Waals surface area contributed by atoms with Gasteiger partial charge in [0.25, 0.3) is 11.6 Å². The van der Waals surface area contributed by atoms with Crippen LogP contribution in [0.2, 0.25) is 0 Å². The fraction of sp³-hybridized carbons (Fsp3) is 0.500. The van der Waals surface area contributed by atoms with E-state index in [1.807, 2.05) is 0 Å². The topological polar surface area (TPSA) is 72.7 Å². The summed E-state index contributed by atoms with van der Waals surface area (Å²) in [6.45, 7) is 0.467. The molecule has 2 aliphatic rings. The summed E-state index contributed by atoms with van der Waals surface area (Å²) in [5.41, 5.74) is 0.162. The van der Waals surface area contributed by atoms with E-state index in [0.717, 1.165) is 0 Å². The number of amides is 1. The van der Waals surface area contributed by atoms with Crippen LogP contribution in [0.1, 0.15) is 0 Å². The lowest BCUT2D eigenvalue weighted by Gasteiger charge is -2.21. The Hall–Kier alpha value is -1.69. The van der Waals surface area contributed by atoms with E-state index < -0.39 is 4.92 Å². The van der Waals surface area contributed by atoms with Crippen LogP contribution < -0.4 is 0 Å². The third-order valence-corrected chi connectivity index (χ3v) is 3.00. The molecule has 86 valence electrons. The maximum Gasteiger partial charge on any atom is 0.278 e. The molecule has 0 aromatic heterocycles. The van der Waals surface area contributed by atoms with E-state index in [1.165, 1.54) is 18.1 Å². The number of allylic oxidation sites excluding steroid dienone is 1. The van der Waals surface area contributed by atoms with Crippen LogP contribution in [0.4, 0.5) is 0 Å². The molecule has 1 saturated heterocycles. The van der Waals surface area contributed by atoms with Crippen molar-refractivity contribution < 1.29 is 14.5 Å². The highest BCUT2D eigenvalue weighted by Gasteiger charge is 2.44. The van der Waals surface area contributed by atoms with Gasteiger partial charge in [-0.05, 0) is 6.08 Å². The summed E-state index contributed by atoms with van der Waals surface area (Å²) < 4.78 is 5.21. The summed E-state index contributed by atoms with van der Waals surface area (Å²) in [6.07, 6.45) is 2.74. The number of fused-ring (bicyclic) bond motifs is 1. The third-order valence-electron chi connectivity index (χ3n) is 3.00. The van der Waals surface area contributed by atoms with E-state index in [-0.39, 0.29) is 29.2 Å². The Balaban J connectivity index is 2.48. The smallest absolute Gasteiger partial charge is 0.278 e. The first-order chi connectivity index (χ1) is 7.56. The number of methoxy groups -OCH3 is 1. The second-order valence-electron chi connectivity index (χ2n) is 3.91. The van der Waals surface area contributed by atoms with Gasteiger partial charge >= 0.3 is 0 Å². The second-order valence-corrected chi connectivity index (χ2v) is 3.91. The Labute approximate surface area is 92.3 Å². The van der Waals surface area contributed by atoms with Crippen molar-refractivity contribution in [1.82, 2.24) is 4.90 Å². The van der Waals surface area contributed by atoms with E-state index in [0.29, 0.717) is 6.54 Å². The molecule has 2 unspecified atom stereocenters. The largest absolute Gasteiger partial charge is 0.377 e. The molecule has 0 saturated carbocycles. The number of likely N-dealkylation sites (tertiary alicyclic amines) is 1. The van der Waals surface area contributed by atoms with Gasteiger partial charge in [0, 0.05) is 32.7 Å². The van der Waals surface area contributed by atoms with Crippen LogP contribution in [0, 0.1) is 16.0 Å². The lowest BCUT2D eigenvalue weighted by atomic mass is 9.90. The molecule has 6 heteroatoms. The molecule has 1 fully saturated rings. The number of ether oxygens (including phenoxy) is 1. The van der Waals surface area contributed by atoms with Crippen molar-refractivity contribution >= 4 is 5.91 Å². The summed E-state index contributed by atoms with van der Waals surface area (Å²) in [7, 11) is 3.17. The third kappa shape index (κ3) is 1.42. The number of nitrogens with zero attached hydrogens (tertiary/aromatic N) is 2. The Morgan fingerprint density at radius 3 is 2.88 bits per heavy atom. The predicted molar refractivity (Wildman–Crippen MR) is 55.1 cm³/mol. The molecule has 0 N–H and O–H groups in total. The molecule has 1 aliphatic heterocycles. The number of likely N-dealkylation sites (N-methyl/N-ethyl adjacent to an activating group) is 1. The maximum atomic E-state index is 11.8. The van der Waals surface area contributed by atoms with Crippen LogP contribution in [-0.4, -0.2) is 42.5 Å². The molecular weight excluding hydrogens is 212 g/mol. The van der Waals surface area contributed by atoms with Crippen molar-refractivity contribution in [3.05, 3.63) is 33.5 Å². The number of nitro groups is 1. The normalized spacial score (nSPS) is 28.6. The molecule has 6 nitrogen and oxygen atoms in total. The molecular formula is C10H12N2O4. The van der Waals surface area contributed by atoms with Crippen LogP contribution in [0.5, 0.6) is 0 Å². The predicted octanol–water partition coefficient (Wildman–Crippen LogP) is 0.190. The summed E-state index contributed by atoms with van der Waals surface area (Å²) in [6, 6.07) is 0. The van der Waals surface area contributed by atoms with Gasteiger partial charge in [-0.3, -0.25) is 14.9 Å². The summed E-state index contributed by atoms with van der Waals surface area (Å²) in [4.78, 5) is 23.6. The number of carbonyl (C=O) groups is 1. The van der Waals surface area contributed by atoms with Gasteiger partial charge in [-0.15, -0.1) is 0 Å². The van der Waals surface area contributed by atoms with Gasteiger partial charge in [0.2, 0.25) is 0 Å². The highest BCUT2D eigenvalue weighted by Crippen LogP contribution is 2.34. The minimum absolute atomic E-state index is 0.104. The molecule has 0 bridgehead atoms. The highest BCUT2D eigenvalue weighted by atomic mass is 16.6. The van der Waals surface area contributed by atoms with E-state index in [9.17, 15) is 14.9 Å². The molecule has 0 aromatic carbocycles. The Morgan fingerprint density at radius 1 is 1.62 bits per heavy atom. The lowest BCUT2D eigenvalue weighted by Crippen LogP contribution is -2.27. The van der Waals surface area contributed by atoms with E-state index in [2.05, 4.69) is 0 Å². The highest BCUT2D eigenvalue weighted by molar-refractivity contribution is 5.97. The van der Waals surface area contributed by atoms with Gasteiger partial charge in [0.15, 0.2) is 0 Å². The van der Waals surface area contributed by atoms with Gasteiger partial charge in [-0.1, -0.05) is 0 Å². The summed E-state index contributed by atoms with van der Waals surface area (Å²) in [5, 5.41) is 10.8. The van der Waals surface area contributed by atoms with Crippen molar-refractivity contribution in [2.24, 2.45) is 5.92 Å². The molecule has 0 spiro atoms. The van der Waals surface area contributed by atoms with E-state index in [1.54, 1.807) is 13.1 Å². The second kappa shape index (κ2) is 3.71. The number of rotatable bonds is 2. The fourth-order valence-corrected chi connectivity index (χ4v) is 2.21. The molecule has 2 rings (SSSR count). The Bertz CT molecular complexity index is 413. The number of hydrogen-bond donors (Lipinski definition) is 0. The first-order valence-corrected chi connectivity index (χ1v) is 4.91. The van der Waals surface area contributed by atoms with Gasteiger partial charge < -0.3 is 9.64 Å². The molecule has 1 heterocycles. The standard InChI is InChI=1S/C10H12N2O4/c1-11-5-6-8(16-2)4-3-7(12(14)15)9(6)10(11)13/h3-4,6,8H,5H2,1-2H3. The zero-order chi connectivity index (χ0) is 11.9. The van der Waals surface area contributed by atoms with Gasteiger partial charge in [-0.25, -0.2) is 0 Å². The number of hydrogen-bond acceptors (Lipinski definition) is 4. The first-order valence-electron chi connectivity index (χ1n) is 4.91. The lowest BCUT2D eigenvalue weighted by molar-refractivity contribution is -0.420. The molecule has 2 atom stereocenters. The molecule has 1 aliphatic carbocycles. The average Bonchev–Trinajstić information content (AvgIpc) is 2.54. The molecule has 1 amide bonds. The average molecular weight is 224 g/mol. The first kappa shape index (κ1) is 10.8. The monoisotopic (exact) mass is 224 g/mol. The van der Waals surface area contributed by atoms with Crippen molar-refractivity contribution in [3.8, 4) is 0 Å². The Morgan fingerprint density at radius 2 is 2.31 bits per heavy atom. The minimum atomic E-state index is -0.512. The maximum absolute atomic E-state index is 11.8. The summed E-state index contributed by atoms with van der Waals surface area (Å²) >= 11 is 0. The molecule has 0 aromatic rings. The van der Waals surface area contributed by atoms with Crippen molar-refractivity contribution in [2.45, 2.75) is 6.10 Å². The van der Waals surface area contributed by atoms with Crippen molar-refractivity contribution in [3.63, 3.8) is 0 Å². The van der Waals surface area contributed by atoms with E-state index >= 15 is 0 Å². The molecule has 16 heavy (non-hydrogen) atoms. The van der Waals surface area contributed by atoms with Crippen LogP contribution in [0.15, 0.2) is 23.4 Å². The quantitative estimate of drug-likeness (QED) is 0.495. The number of carbonyl (C=O) groups excluding carboxylic acids is 1. The van der Waals surface area contributed by atoms with Crippen LogP contribution in [0.25, 0.3) is 0 Å². The van der Waals surface area contributed by atoms with Crippen molar-refractivity contribution in [1.29, 1.82) is 0 Å². The summed E-state index contributed by atoms with van der Waals surface area (Å²) in [5.74, 6) is -0.504. The zero-order valence-electron chi connectivity index (χ0n) is 9.04. The fourth-order valence-electron chi connectivity index (χ4n) is 2.21. The van der Waals surface area contributed by atoms with Crippen LogP contribution >= 0.6 is 0 Å². The minimum Gasteiger partial charge on any atom is -0.377 e. The zero-order valence-corrected chi connectivity index (χ0v) is 9.04. The molecule has 0 radical (unpaired) electrons.